The van der Waals surface area contributed by atoms with Gasteiger partial charge in [0.15, 0.2) is 12.7 Å². The Morgan fingerprint density at radius 2 is 1.50 bits per heavy atom. The van der Waals surface area contributed by atoms with Gasteiger partial charge in [-0.3, -0.25) is 0 Å². The monoisotopic (exact) mass is 420 g/mol. The lowest BCUT2D eigenvalue weighted by atomic mass is 10.2. The molecule has 1 aromatic carbocycles. The number of hydrogen-bond donors (Lipinski definition) is 6. The molecule has 2 unspecified atom stereocenters. The average molecular weight is 420 g/mol. The molecule has 1 aromatic rings. The van der Waals surface area contributed by atoms with Gasteiger partial charge in [0.1, 0.15) is 11.5 Å². The summed E-state index contributed by atoms with van der Waals surface area (Å²) in [6.45, 7) is 0.312. The molecule has 0 aromatic heterocycles. The molecule has 0 bridgehead atoms. The Kier molecular flexibility index (Phi) is 13.3. The van der Waals surface area contributed by atoms with E-state index in [0.717, 1.165) is 24.3 Å². The molecule has 0 spiro atoms. The second-order valence-electron chi connectivity index (χ2n) is 4.96. The second-order valence-corrected chi connectivity index (χ2v) is 8.79. The third-order valence-corrected chi connectivity index (χ3v) is 7.06. The van der Waals surface area contributed by atoms with Crippen LogP contribution in [0.3, 0.4) is 0 Å². The molecule has 1 rings (SSSR count). The number of phenols is 1. The Morgan fingerprint density at radius 3 is 1.88 bits per heavy atom. The first-order valence-corrected chi connectivity index (χ1v) is 9.90. The number of unbranched alkanes of at least 4 members (excludes halogenated alkanes) is 2. The zero-order valence-corrected chi connectivity index (χ0v) is 16.9. The number of benzene rings is 1. The van der Waals surface area contributed by atoms with Gasteiger partial charge in [0.25, 0.3) is 0 Å². The van der Waals surface area contributed by atoms with Crippen molar-refractivity contribution in [1.82, 2.24) is 18.5 Å². The first kappa shape index (κ1) is 29.7. The second kappa shape index (κ2) is 11.6. The molecule has 16 N–H and O–H groups in total. The first-order valence-electron chi connectivity index (χ1n) is 6.78. The van der Waals surface area contributed by atoms with Crippen molar-refractivity contribution in [3.63, 3.8) is 0 Å². The van der Waals surface area contributed by atoms with Crippen LogP contribution in [0.25, 0.3) is 0 Å². The van der Waals surface area contributed by atoms with Crippen molar-refractivity contribution in [2.24, 2.45) is 5.73 Å². The zero-order valence-electron chi connectivity index (χ0n) is 15.2. The van der Waals surface area contributed by atoms with Gasteiger partial charge in [-0.15, -0.1) is 0 Å². The summed E-state index contributed by atoms with van der Waals surface area (Å²) in [5, 5.41) is 5.86. The Morgan fingerprint density at radius 1 is 1.00 bits per heavy atom. The highest BCUT2D eigenvalue weighted by Crippen LogP contribution is 2.65. The number of rotatable bonds is 9. The SMILES string of the molecule is NCCCCCC(Oc1ccc(O)cc1)(P(=O)([O-])[O-])P(=O)([O-])O.[NH4+].[NH4+].[NH4+]. The molecule has 0 heterocycles. The largest absolute Gasteiger partial charge is 0.808 e. The summed E-state index contributed by atoms with van der Waals surface area (Å²) < 4.78 is 28.1. The van der Waals surface area contributed by atoms with Crippen molar-refractivity contribution in [1.29, 1.82) is 0 Å². The van der Waals surface area contributed by atoms with Crippen LogP contribution in [0.1, 0.15) is 25.7 Å². The lowest BCUT2D eigenvalue weighted by Gasteiger charge is -2.52. The van der Waals surface area contributed by atoms with Crippen LogP contribution in [0.2, 0.25) is 0 Å². The molecule has 0 amide bonds. The smallest absolute Gasteiger partial charge is 0.196 e. The molecule has 26 heavy (non-hydrogen) atoms. The quantitative estimate of drug-likeness (QED) is 0.239. The third kappa shape index (κ3) is 7.29. The van der Waals surface area contributed by atoms with Gasteiger partial charge >= 0.3 is 0 Å². The minimum atomic E-state index is -5.90. The maximum absolute atomic E-state index is 11.6. The van der Waals surface area contributed by atoms with Crippen LogP contribution < -0.4 is 43.6 Å². The van der Waals surface area contributed by atoms with Crippen LogP contribution >= 0.6 is 15.2 Å². The van der Waals surface area contributed by atoms with Gasteiger partial charge in [0.05, 0.1) is 0 Å². The molecule has 0 saturated carbocycles. The van der Waals surface area contributed by atoms with Gasteiger partial charge in [-0.2, -0.15) is 0 Å². The molecule has 156 valence electrons. The van der Waals surface area contributed by atoms with Crippen molar-refractivity contribution >= 4 is 15.2 Å². The lowest BCUT2D eigenvalue weighted by molar-refractivity contribution is -0.327. The molecular formula is C12H30N4O8P2. The summed E-state index contributed by atoms with van der Waals surface area (Å²) >= 11 is 0. The molecule has 0 radical (unpaired) electrons. The molecule has 0 saturated heterocycles. The van der Waals surface area contributed by atoms with Crippen LogP contribution in [-0.2, 0) is 9.13 Å². The van der Waals surface area contributed by atoms with Crippen molar-refractivity contribution in [3.05, 3.63) is 24.3 Å². The van der Waals surface area contributed by atoms with E-state index in [-0.39, 0.29) is 36.4 Å². The third-order valence-electron chi connectivity index (χ3n) is 3.19. The van der Waals surface area contributed by atoms with Gasteiger partial charge in [0.2, 0.25) is 0 Å². The molecule has 0 aliphatic carbocycles. The van der Waals surface area contributed by atoms with Crippen LogP contribution in [0.4, 0.5) is 0 Å². The first-order chi connectivity index (χ1) is 10.5. The Bertz CT molecular complexity index is 582. The van der Waals surface area contributed by atoms with E-state index < -0.39 is 26.7 Å². The summed E-state index contributed by atoms with van der Waals surface area (Å²) in [6.07, 6.45) is 0.120. The van der Waals surface area contributed by atoms with E-state index in [1.54, 1.807) is 0 Å². The number of nitrogens with two attached hydrogens (primary N) is 1. The Hall–Kier alpha value is -1.04. The number of hydrogen-bond acceptors (Lipinski definition) is 8. The number of phenolic OH excluding ortho intramolecular Hbond substituents is 1. The molecular weight excluding hydrogens is 390 g/mol. The molecule has 0 aliphatic heterocycles. The maximum Gasteiger partial charge on any atom is 0.196 e. The fraction of sp³-hybridized carbons (Fsp3) is 0.500. The van der Waals surface area contributed by atoms with Gasteiger partial charge in [-0.1, -0.05) is 6.42 Å². The van der Waals surface area contributed by atoms with Crippen molar-refractivity contribution < 1.29 is 38.5 Å². The minimum absolute atomic E-state index is 0. The highest BCUT2D eigenvalue weighted by molar-refractivity contribution is 7.70. The molecule has 0 aliphatic rings. The molecule has 0 fully saturated rings. The minimum Gasteiger partial charge on any atom is -0.808 e. The Labute approximate surface area is 151 Å². The van der Waals surface area contributed by atoms with E-state index in [1.165, 1.54) is 0 Å². The van der Waals surface area contributed by atoms with E-state index in [2.05, 4.69) is 0 Å². The van der Waals surface area contributed by atoms with Crippen molar-refractivity contribution in [2.45, 2.75) is 30.8 Å². The number of quaternary nitrogens is 3. The predicted octanol–water partition coefficient (Wildman–Crippen LogP) is 0.532. The van der Waals surface area contributed by atoms with Gasteiger partial charge < -0.3 is 62.7 Å². The fourth-order valence-electron chi connectivity index (χ4n) is 1.98. The predicted molar refractivity (Wildman–Crippen MR) is 94.4 cm³/mol. The average Bonchev–Trinajstić information content (AvgIpc) is 2.41. The summed E-state index contributed by atoms with van der Waals surface area (Å²) in [5.74, 6) is -0.466. The summed E-state index contributed by atoms with van der Waals surface area (Å²) in [4.78, 5) is 44.2. The van der Waals surface area contributed by atoms with Crippen molar-refractivity contribution in [2.75, 3.05) is 6.54 Å². The van der Waals surface area contributed by atoms with E-state index in [4.69, 9.17) is 15.6 Å². The standard InChI is InChI=1S/C12H21NO8P2.3H3N/c13-9-3-1-2-8-12(22(15,16)17,23(18,19)20)21-11-6-4-10(14)5-7-11;;;/h4-7,14H,1-3,8-9,13H2,(H2,15,16,17)(H2,18,19,20);3*1H3. The van der Waals surface area contributed by atoms with E-state index in [1.807, 2.05) is 0 Å². The zero-order chi connectivity index (χ0) is 17.7. The number of ether oxygens (including phenoxy) is 1. The molecule has 2 atom stereocenters. The van der Waals surface area contributed by atoms with E-state index in [0.29, 0.717) is 19.4 Å². The molecule has 12 nitrogen and oxygen atoms in total. The van der Waals surface area contributed by atoms with E-state index in [9.17, 15) is 28.7 Å². The van der Waals surface area contributed by atoms with Gasteiger partial charge in [-0.25, -0.2) is 0 Å². The highest BCUT2D eigenvalue weighted by atomic mass is 31.2. The summed E-state index contributed by atoms with van der Waals surface area (Å²) in [7, 11) is -11.6. The van der Waals surface area contributed by atoms with Crippen LogP contribution in [-0.4, -0.2) is 21.6 Å². The highest BCUT2D eigenvalue weighted by Gasteiger charge is 2.45. The molecule has 14 heteroatoms. The maximum atomic E-state index is 11.6. The fourth-order valence-corrected chi connectivity index (χ4v) is 4.53. The van der Waals surface area contributed by atoms with Crippen LogP contribution in [0, 0.1) is 0 Å². The van der Waals surface area contributed by atoms with Gasteiger partial charge in [-0.05, 0) is 51.2 Å². The lowest BCUT2D eigenvalue weighted by Crippen LogP contribution is -2.46. The normalized spacial score (nSPS) is 15.3. The Balaban J connectivity index is -0.00000176. The van der Waals surface area contributed by atoms with Gasteiger partial charge in [0, 0.05) is 6.42 Å². The summed E-state index contributed by atoms with van der Waals surface area (Å²) in [5.41, 5.74) is 5.29. The van der Waals surface area contributed by atoms with Crippen LogP contribution in [0.15, 0.2) is 24.3 Å². The summed E-state index contributed by atoms with van der Waals surface area (Å²) in [6, 6.07) is 4.38. The number of aromatic hydroxyl groups is 1. The van der Waals surface area contributed by atoms with E-state index >= 15 is 0 Å². The topological polar surface area (TPSA) is 289 Å². The van der Waals surface area contributed by atoms with Crippen LogP contribution in [0.5, 0.6) is 11.5 Å². The van der Waals surface area contributed by atoms with Crippen molar-refractivity contribution in [3.8, 4) is 11.5 Å².